The van der Waals surface area contributed by atoms with Crippen LogP contribution in [0.15, 0.2) is 48.7 Å². The fourth-order valence-corrected chi connectivity index (χ4v) is 2.21. The molecule has 1 aliphatic heterocycles. The van der Waals surface area contributed by atoms with Crippen molar-refractivity contribution >= 4 is 0 Å². The zero-order valence-electron chi connectivity index (χ0n) is 10.2. The number of aromatic nitrogens is 1. The molecule has 3 nitrogen and oxygen atoms in total. The Morgan fingerprint density at radius 1 is 1.11 bits per heavy atom. The lowest BCUT2D eigenvalue weighted by Crippen LogP contribution is -2.20. The number of benzene rings is 1. The van der Waals surface area contributed by atoms with E-state index in [1.807, 2.05) is 24.3 Å². The fraction of sp³-hybridized carbons (Fsp3) is 0.267. The molecule has 92 valence electrons. The highest BCUT2D eigenvalue weighted by Crippen LogP contribution is 2.28. The summed E-state index contributed by atoms with van der Waals surface area (Å²) in [5.41, 5.74) is 2.21. The van der Waals surface area contributed by atoms with Crippen LogP contribution in [-0.4, -0.2) is 24.2 Å². The molecule has 3 heteroatoms. The minimum absolute atomic E-state index is 0.238. The van der Waals surface area contributed by atoms with Crippen molar-refractivity contribution < 1.29 is 4.74 Å². The van der Waals surface area contributed by atoms with E-state index in [1.165, 1.54) is 0 Å². The second-order valence-corrected chi connectivity index (χ2v) is 4.45. The summed E-state index contributed by atoms with van der Waals surface area (Å²) in [6, 6.07) is 14.2. The third kappa shape index (κ3) is 2.36. The summed E-state index contributed by atoms with van der Waals surface area (Å²) >= 11 is 0. The lowest BCUT2D eigenvalue weighted by atomic mass is 10.1. The van der Waals surface area contributed by atoms with E-state index < -0.39 is 0 Å². The number of rotatable bonds is 3. The number of nitrogens with one attached hydrogen (secondary N) is 1. The van der Waals surface area contributed by atoms with E-state index in [2.05, 4.69) is 28.5 Å². The predicted molar refractivity (Wildman–Crippen MR) is 71.6 cm³/mol. The first kappa shape index (κ1) is 11.2. The second kappa shape index (κ2) is 5.19. The van der Waals surface area contributed by atoms with Crippen LogP contribution in [0, 0.1) is 0 Å². The molecule has 3 rings (SSSR count). The lowest BCUT2D eigenvalue weighted by molar-refractivity contribution is 0.215. The van der Waals surface area contributed by atoms with Crippen molar-refractivity contribution in [1.29, 1.82) is 0 Å². The van der Waals surface area contributed by atoms with Gasteiger partial charge in [-0.2, -0.15) is 0 Å². The van der Waals surface area contributed by atoms with E-state index in [0.29, 0.717) is 0 Å². The monoisotopic (exact) mass is 240 g/mol. The fourth-order valence-electron chi connectivity index (χ4n) is 2.21. The van der Waals surface area contributed by atoms with Gasteiger partial charge in [0.25, 0.3) is 0 Å². The minimum atomic E-state index is 0.238. The molecule has 1 N–H and O–H groups in total. The zero-order chi connectivity index (χ0) is 12.2. The Labute approximate surface area is 107 Å². The van der Waals surface area contributed by atoms with Crippen molar-refractivity contribution in [2.24, 2.45) is 0 Å². The van der Waals surface area contributed by atoms with E-state index in [0.717, 1.165) is 36.5 Å². The van der Waals surface area contributed by atoms with Crippen LogP contribution in [0.5, 0.6) is 5.88 Å². The maximum atomic E-state index is 5.99. The normalized spacial score (nSPS) is 18.8. The van der Waals surface area contributed by atoms with Crippen molar-refractivity contribution in [1.82, 2.24) is 10.3 Å². The second-order valence-electron chi connectivity index (χ2n) is 4.45. The van der Waals surface area contributed by atoms with Gasteiger partial charge in [-0.1, -0.05) is 30.3 Å². The van der Waals surface area contributed by atoms with Gasteiger partial charge in [0.1, 0.15) is 6.10 Å². The van der Waals surface area contributed by atoms with Crippen LogP contribution in [0.25, 0.3) is 11.1 Å². The Kier molecular flexibility index (Phi) is 3.24. The van der Waals surface area contributed by atoms with Crippen LogP contribution in [-0.2, 0) is 0 Å². The Morgan fingerprint density at radius 2 is 2.00 bits per heavy atom. The molecule has 1 atom stereocenters. The number of pyridine rings is 1. The molecule has 0 aliphatic carbocycles. The van der Waals surface area contributed by atoms with Gasteiger partial charge in [-0.25, -0.2) is 4.98 Å². The van der Waals surface area contributed by atoms with E-state index in [-0.39, 0.29) is 6.10 Å². The van der Waals surface area contributed by atoms with E-state index in [9.17, 15) is 0 Å². The van der Waals surface area contributed by atoms with Crippen LogP contribution < -0.4 is 10.1 Å². The van der Waals surface area contributed by atoms with Gasteiger partial charge in [0, 0.05) is 18.3 Å². The minimum Gasteiger partial charge on any atom is -0.473 e. The maximum Gasteiger partial charge on any atom is 0.221 e. The Morgan fingerprint density at radius 3 is 2.78 bits per heavy atom. The summed E-state index contributed by atoms with van der Waals surface area (Å²) in [7, 11) is 0. The van der Waals surface area contributed by atoms with Crippen molar-refractivity contribution in [2.45, 2.75) is 12.5 Å². The van der Waals surface area contributed by atoms with E-state index >= 15 is 0 Å². The summed E-state index contributed by atoms with van der Waals surface area (Å²) in [5, 5.41) is 3.30. The molecular weight excluding hydrogens is 224 g/mol. The smallest absolute Gasteiger partial charge is 0.221 e. The number of hydrogen-bond donors (Lipinski definition) is 1. The highest BCUT2D eigenvalue weighted by Gasteiger charge is 2.18. The highest BCUT2D eigenvalue weighted by molar-refractivity contribution is 5.68. The van der Waals surface area contributed by atoms with Gasteiger partial charge in [0.15, 0.2) is 0 Å². The molecule has 0 saturated carbocycles. The standard InChI is InChI=1S/C15H16N2O/c1-2-5-12(6-3-1)14-7-4-9-17-15(14)18-13-8-10-16-11-13/h1-7,9,13,16H,8,10-11H2. The molecule has 2 heterocycles. The van der Waals surface area contributed by atoms with Gasteiger partial charge in [-0.05, 0) is 30.7 Å². The molecule has 18 heavy (non-hydrogen) atoms. The summed E-state index contributed by atoms with van der Waals surface area (Å²) in [5.74, 6) is 0.734. The molecule has 1 aliphatic rings. The highest BCUT2D eigenvalue weighted by atomic mass is 16.5. The van der Waals surface area contributed by atoms with Crippen molar-refractivity contribution in [3.8, 4) is 17.0 Å². The number of ether oxygens (including phenoxy) is 1. The largest absolute Gasteiger partial charge is 0.473 e. The Hall–Kier alpha value is -1.87. The van der Waals surface area contributed by atoms with Crippen molar-refractivity contribution in [3.05, 3.63) is 48.7 Å². The number of hydrogen-bond acceptors (Lipinski definition) is 3. The van der Waals surface area contributed by atoms with Crippen LogP contribution in [0.1, 0.15) is 6.42 Å². The molecule has 1 aromatic carbocycles. The van der Waals surface area contributed by atoms with E-state index in [4.69, 9.17) is 4.74 Å². The van der Waals surface area contributed by atoms with Crippen LogP contribution in [0.4, 0.5) is 0 Å². The molecule has 1 saturated heterocycles. The first-order chi connectivity index (χ1) is 8.93. The third-order valence-electron chi connectivity index (χ3n) is 3.15. The van der Waals surface area contributed by atoms with E-state index in [1.54, 1.807) is 6.20 Å². The average molecular weight is 240 g/mol. The van der Waals surface area contributed by atoms with Crippen molar-refractivity contribution in [3.63, 3.8) is 0 Å². The van der Waals surface area contributed by atoms with Gasteiger partial charge < -0.3 is 10.1 Å². The zero-order valence-corrected chi connectivity index (χ0v) is 10.2. The first-order valence-corrected chi connectivity index (χ1v) is 6.31. The number of nitrogens with zero attached hydrogens (tertiary/aromatic N) is 1. The quantitative estimate of drug-likeness (QED) is 0.895. The molecule has 1 unspecified atom stereocenters. The van der Waals surface area contributed by atoms with Gasteiger partial charge in [0.2, 0.25) is 5.88 Å². The maximum absolute atomic E-state index is 5.99. The topological polar surface area (TPSA) is 34.1 Å². The SMILES string of the molecule is c1ccc(-c2cccnc2OC2CCNC2)cc1. The summed E-state index contributed by atoms with van der Waals surface area (Å²) < 4.78 is 5.99. The molecule has 1 fully saturated rings. The Balaban J connectivity index is 1.90. The summed E-state index contributed by atoms with van der Waals surface area (Å²) in [4.78, 5) is 4.37. The molecule has 0 spiro atoms. The molecule has 2 aromatic rings. The molecule has 0 bridgehead atoms. The Bertz CT molecular complexity index is 507. The third-order valence-corrected chi connectivity index (χ3v) is 3.15. The van der Waals surface area contributed by atoms with Gasteiger partial charge in [-0.15, -0.1) is 0 Å². The van der Waals surface area contributed by atoms with Gasteiger partial charge in [-0.3, -0.25) is 0 Å². The molecule has 0 radical (unpaired) electrons. The average Bonchev–Trinajstić information content (AvgIpc) is 2.93. The lowest BCUT2D eigenvalue weighted by Gasteiger charge is -2.14. The first-order valence-electron chi connectivity index (χ1n) is 6.31. The molecular formula is C15H16N2O. The molecule has 0 amide bonds. The summed E-state index contributed by atoms with van der Waals surface area (Å²) in [6.45, 7) is 1.93. The molecule has 1 aromatic heterocycles. The van der Waals surface area contributed by atoms with Crippen LogP contribution >= 0.6 is 0 Å². The van der Waals surface area contributed by atoms with Crippen LogP contribution in [0.3, 0.4) is 0 Å². The van der Waals surface area contributed by atoms with Gasteiger partial charge in [0.05, 0.1) is 0 Å². The van der Waals surface area contributed by atoms with Gasteiger partial charge >= 0.3 is 0 Å². The summed E-state index contributed by atoms with van der Waals surface area (Å²) in [6.07, 6.45) is 3.07. The predicted octanol–water partition coefficient (Wildman–Crippen LogP) is 2.49. The van der Waals surface area contributed by atoms with Crippen molar-refractivity contribution in [2.75, 3.05) is 13.1 Å². The van der Waals surface area contributed by atoms with Crippen LogP contribution in [0.2, 0.25) is 0 Å².